The number of carbonyl (C=O) groups excluding carboxylic acids is 1. The number of aromatic amines is 1. The van der Waals surface area contributed by atoms with Crippen molar-refractivity contribution < 1.29 is 9.90 Å². The molecule has 3 aromatic rings. The second kappa shape index (κ2) is 7.70. The molecule has 4 rings (SSSR count). The van der Waals surface area contributed by atoms with Gasteiger partial charge in [0.15, 0.2) is 6.10 Å². The normalized spacial score (nSPS) is 18.4. The van der Waals surface area contributed by atoms with Gasteiger partial charge in [-0.2, -0.15) is 5.10 Å². The van der Waals surface area contributed by atoms with Crippen LogP contribution in [0.1, 0.15) is 24.5 Å². The largest absolute Gasteiger partial charge is 0.381 e. The Kier molecular flexibility index (Phi) is 5.13. The Bertz CT molecular complexity index is 941. The van der Waals surface area contributed by atoms with Crippen LogP contribution in [0.4, 0.5) is 5.69 Å². The van der Waals surface area contributed by atoms with E-state index in [1.54, 1.807) is 23.2 Å². The number of anilines is 1. The fourth-order valence-corrected chi connectivity index (χ4v) is 3.79. The van der Waals surface area contributed by atoms with Crippen LogP contribution < -0.4 is 5.32 Å². The molecule has 1 saturated heterocycles. The number of halogens is 1. The van der Waals surface area contributed by atoms with Crippen LogP contribution in [0.5, 0.6) is 0 Å². The zero-order chi connectivity index (χ0) is 18.8. The number of amides is 1. The summed E-state index contributed by atoms with van der Waals surface area (Å²) in [6.45, 7) is 1.25. The molecule has 0 aliphatic carbocycles. The third-order valence-corrected chi connectivity index (χ3v) is 5.49. The minimum atomic E-state index is -1.13. The first kappa shape index (κ1) is 18.0. The Morgan fingerprint density at radius 2 is 2.11 bits per heavy atom. The van der Waals surface area contributed by atoms with Crippen LogP contribution in [-0.2, 0) is 4.79 Å². The molecule has 3 N–H and O–H groups in total. The van der Waals surface area contributed by atoms with Gasteiger partial charge in [0, 0.05) is 34.7 Å². The predicted octanol–water partition coefficient (Wildman–Crippen LogP) is 3.46. The maximum absolute atomic E-state index is 12.7. The molecular formula is C20H21BrN4O2. The molecule has 0 radical (unpaired) electrons. The lowest BCUT2D eigenvalue weighted by molar-refractivity contribution is -0.141. The van der Waals surface area contributed by atoms with Crippen molar-refractivity contribution in [2.75, 3.05) is 18.4 Å². The van der Waals surface area contributed by atoms with Gasteiger partial charge in [0.1, 0.15) is 0 Å². The molecule has 0 bridgehead atoms. The van der Waals surface area contributed by atoms with E-state index in [1.165, 1.54) is 0 Å². The number of hydrogen-bond donors (Lipinski definition) is 3. The van der Waals surface area contributed by atoms with Crippen LogP contribution in [0.3, 0.4) is 0 Å². The van der Waals surface area contributed by atoms with Crippen LogP contribution in [-0.4, -0.2) is 45.2 Å². The Balaban J connectivity index is 1.42. The number of aromatic nitrogens is 2. The van der Waals surface area contributed by atoms with Crippen LogP contribution in [0.25, 0.3) is 10.9 Å². The molecule has 7 heteroatoms. The number of H-pyrrole nitrogens is 1. The number of fused-ring (bicyclic) bond motifs is 1. The summed E-state index contributed by atoms with van der Waals surface area (Å²) >= 11 is 3.37. The van der Waals surface area contributed by atoms with E-state index in [0.717, 1.165) is 33.9 Å². The first-order chi connectivity index (χ1) is 13.1. The summed E-state index contributed by atoms with van der Waals surface area (Å²) in [5.74, 6) is -0.242. The summed E-state index contributed by atoms with van der Waals surface area (Å²) in [4.78, 5) is 14.5. The molecule has 1 amide bonds. The summed E-state index contributed by atoms with van der Waals surface area (Å²) in [6.07, 6.45) is 2.57. The van der Waals surface area contributed by atoms with Crippen molar-refractivity contribution in [3.63, 3.8) is 0 Å². The second-order valence-electron chi connectivity index (χ2n) is 6.89. The van der Waals surface area contributed by atoms with Crippen LogP contribution in [0.2, 0.25) is 0 Å². The molecule has 1 fully saturated rings. The van der Waals surface area contributed by atoms with Crippen molar-refractivity contribution in [3.05, 3.63) is 58.7 Å². The molecule has 1 aliphatic rings. The number of aliphatic hydroxyl groups excluding tert-OH is 1. The lowest BCUT2D eigenvalue weighted by atomic mass is 10.0. The number of piperidine rings is 1. The standard InChI is InChI=1S/C20H21BrN4O2/c21-15-5-3-13(4-6-15)19(26)20(27)25-9-1-2-17(12-25)23-16-7-8-18-14(10-16)11-22-24-18/h3-8,10-11,17,19,23,26H,1-2,9,12H2,(H,22,24). The number of carbonyl (C=O) groups is 1. The molecule has 2 aromatic carbocycles. The van der Waals surface area contributed by atoms with Gasteiger partial charge in [0.05, 0.1) is 11.7 Å². The molecule has 1 aromatic heterocycles. The van der Waals surface area contributed by atoms with Gasteiger partial charge in [-0.05, 0) is 48.7 Å². The number of aliphatic hydroxyl groups is 1. The van der Waals surface area contributed by atoms with Gasteiger partial charge < -0.3 is 15.3 Å². The van der Waals surface area contributed by atoms with Gasteiger partial charge in [0.2, 0.25) is 0 Å². The maximum atomic E-state index is 12.7. The van der Waals surface area contributed by atoms with Gasteiger partial charge in [-0.3, -0.25) is 9.89 Å². The molecule has 0 spiro atoms. The average molecular weight is 429 g/mol. The second-order valence-corrected chi connectivity index (χ2v) is 7.81. The predicted molar refractivity (Wildman–Crippen MR) is 108 cm³/mol. The number of nitrogens with one attached hydrogen (secondary N) is 2. The molecule has 27 heavy (non-hydrogen) atoms. The molecular weight excluding hydrogens is 408 g/mol. The Labute approximate surface area is 165 Å². The van der Waals surface area contributed by atoms with E-state index >= 15 is 0 Å². The molecule has 2 atom stereocenters. The molecule has 2 heterocycles. The number of nitrogens with zero attached hydrogens (tertiary/aromatic N) is 2. The van der Waals surface area contributed by atoms with Crippen molar-refractivity contribution in [3.8, 4) is 0 Å². The fraction of sp³-hybridized carbons (Fsp3) is 0.300. The zero-order valence-corrected chi connectivity index (χ0v) is 16.3. The van der Waals surface area contributed by atoms with Crippen LogP contribution >= 0.6 is 15.9 Å². The van der Waals surface area contributed by atoms with Gasteiger partial charge >= 0.3 is 0 Å². The van der Waals surface area contributed by atoms with E-state index in [1.807, 2.05) is 24.3 Å². The summed E-state index contributed by atoms with van der Waals surface area (Å²) < 4.78 is 0.919. The molecule has 6 nitrogen and oxygen atoms in total. The lowest BCUT2D eigenvalue weighted by Gasteiger charge is -2.35. The van der Waals surface area contributed by atoms with Gasteiger partial charge in [0.25, 0.3) is 5.91 Å². The Hall–Kier alpha value is -2.38. The van der Waals surface area contributed by atoms with Crippen molar-refractivity contribution in [2.45, 2.75) is 25.0 Å². The highest BCUT2D eigenvalue weighted by Crippen LogP contribution is 2.23. The Morgan fingerprint density at radius 1 is 1.30 bits per heavy atom. The number of likely N-dealkylation sites (tertiary alicyclic amines) is 1. The van der Waals surface area contributed by atoms with Gasteiger partial charge in [-0.1, -0.05) is 28.1 Å². The lowest BCUT2D eigenvalue weighted by Crippen LogP contribution is -2.46. The zero-order valence-electron chi connectivity index (χ0n) is 14.7. The smallest absolute Gasteiger partial charge is 0.256 e. The minimum absolute atomic E-state index is 0.157. The average Bonchev–Trinajstić information content (AvgIpc) is 3.15. The molecule has 0 saturated carbocycles. The first-order valence-electron chi connectivity index (χ1n) is 9.02. The quantitative estimate of drug-likeness (QED) is 0.594. The van der Waals surface area contributed by atoms with Gasteiger partial charge in [-0.15, -0.1) is 0 Å². The van der Waals surface area contributed by atoms with Crippen molar-refractivity contribution in [2.24, 2.45) is 0 Å². The van der Waals surface area contributed by atoms with Crippen LogP contribution in [0, 0.1) is 0 Å². The van der Waals surface area contributed by atoms with E-state index in [-0.39, 0.29) is 11.9 Å². The van der Waals surface area contributed by atoms with E-state index in [4.69, 9.17) is 0 Å². The van der Waals surface area contributed by atoms with Gasteiger partial charge in [-0.25, -0.2) is 0 Å². The highest BCUT2D eigenvalue weighted by Gasteiger charge is 2.28. The maximum Gasteiger partial charge on any atom is 0.256 e. The topological polar surface area (TPSA) is 81.2 Å². The highest BCUT2D eigenvalue weighted by atomic mass is 79.9. The molecule has 140 valence electrons. The molecule has 1 aliphatic heterocycles. The summed E-state index contributed by atoms with van der Waals surface area (Å²) in [7, 11) is 0. The fourth-order valence-electron chi connectivity index (χ4n) is 3.52. The number of rotatable bonds is 4. The summed E-state index contributed by atoms with van der Waals surface area (Å²) in [5, 5.41) is 22.0. The van der Waals surface area contributed by atoms with E-state index < -0.39 is 6.10 Å². The SMILES string of the molecule is O=C(C(O)c1ccc(Br)cc1)N1CCCC(Nc2ccc3[nH]ncc3c2)C1. The van der Waals surface area contributed by atoms with E-state index in [0.29, 0.717) is 18.7 Å². The van der Waals surface area contributed by atoms with Crippen molar-refractivity contribution in [1.29, 1.82) is 0 Å². The third-order valence-electron chi connectivity index (χ3n) is 4.96. The first-order valence-corrected chi connectivity index (χ1v) is 9.81. The van der Waals surface area contributed by atoms with Crippen molar-refractivity contribution >= 4 is 38.4 Å². The van der Waals surface area contributed by atoms with Crippen molar-refractivity contribution in [1.82, 2.24) is 15.1 Å². The third kappa shape index (κ3) is 3.99. The monoisotopic (exact) mass is 428 g/mol. The number of benzene rings is 2. The van der Waals surface area contributed by atoms with Crippen LogP contribution in [0.15, 0.2) is 53.1 Å². The Morgan fingerprint density at radius 3 is 2.93 bits per heavy atom. The summed E-state index contributed by atoms with van der Waals surface area (Å²) in [6, 6.07) is 13.4. The minimum Gasteiger partial charge on any atom is -0.381 e. The van der Waals surface area contributed by atoms with E-state index in [9.17, 15) is 9.90 Å². The summed E-state index contributed by atoms with van der Waals surface area (Å²) in [5.41, 5.74) is 2.62. The highest BCUT2D eigenvalue weighted by molar-refractivity contribution is 9.10. The van der Waals surface area contributed by atoms with E-state index in [2.05, 4.69) is 37.5 Å². The molecule has 2 unspecified atom stereocenters. The number of hydrogen-bond acceptors (Lipinski definition) is 4.